The second kappa shape index (κ2) is 4.67. The van der Waals surface area contributed by atoms with Crippen LogP contribution >= 0.6 is 0 Å². The molecule has 0 saturated heterocycles. The number of carbonyl (C=O) groups is 1. The Morgan fingerprint density at radius 3 is 2.21 bits per heavy atom. The Kier molecular flexibility index (Phi) is 3.78. The highest BCUT2D eigenvalue weighted by Crippen LogP contribution is 2.34. The van der Waals surface area contributed by atoms with Crippen molar-refractivity contribution in [1.82, 2.24) is 9.80 Å². The van der Waals surface area contributed by atoms with E-state index < -0.39 is 0 Å². The number of hydrogen-bond acceptors (Lipinski definition) is 1. The van der Waals surface area contributed by atoms with Crippen molar-refractivity contribution in [3.8, 4) is 0 Å². The topological polar surface area (TPSA) is 23.6 Å². The molecule has 1 unspecified atom stereocenters. The maximum Gasteiger partial charge on any atom is 0.319 e. The molecule has 0 aromatic heterocycles. The lowest BCUT2D eigenvalue weighted by Gasteiger charge is -2.30. The lowest BCUT2D eigenvalue weighted by atomic mass is 10.2. The summed E-state index contributed by atoms with van der Waals surface area (Å²) in [6.45, 7) is 7.81. The Bertz CT molecular complexity index is 197. The van der Waals surface area contributed by atoms with Crippen molar-refractivity contribution in [1.29, 1.82) is 0 Å². The van der Waals surface area contributed by atoms with Crippen LogP contribution in [-0.2, 0) is 0 Å². The number of rotatable bonds is 4. The van der Waals surface area contributed by atoms with Gasteiger partial charge in [0.25, 0.3) is 0 Å². The smallest absolute Gasteiger partial charge is 0.319 e. The molecule has 0 spiro atoms. The molecule has 2 amide bonds. The molecule has 1 fully saturated rings. The quantitative estimate of drug-likeness (QED) is 0.679. The molecular formula is C11H22N2O. The average molecular weight is 198 g/mol. The summed E-state index contributed by atoms with van der Waals surface area (Å²) in [5, 5.41) is 0. The predicted molar refractivity (Wildman–Crippen MR) is 58.3 cm³/mol. The summed E-state index contributed by atoms with van der Waals surface area (Å²) < 4.78 is 0. The van der Waals surface area contributed by atoms with Gasteiger partial charge in [-0.25, -0.2) is 4.79 Å². The van der Waals surface area contributed by atoms with Crippen molar-refractivity contribution >= 4 is 6.03 Å². The number of hydrogen-bond donors (Lipinski definition) is 0. The third-order valence-corrected chi connectivity index (χ3v) is 3.25. The van der Waals surface area contributed by atoms with Gasteiger partial charge in [-0.1, -0.05) is 0 Å². The zero-order valence-corrected chi connectivity index (χ0v) is 9.79. The summed E-state index contributed by atoms with van der Waals surface area (Å²) in [5.41, 5.74) is 0. The standard InChI is InChI=1S/C11H22N2O/c1-5-13(6-2)11(14)12(4)9(3)10-7-8-10/h9-10H,5-8H2,1-4H3. The fourth-order valence-electron chi connectivity index (χ4n) is 1.79. The molecule has 3 nitrogen and oxygen atoms in total. The van der Waals surface area contributed by atoms with E-state index in [-0.39, 0.29) is 6.03 Å². The number of amides is 2. The number of nitrogens with zero attached hydrogens (tertiary/aromatic N) is 2. The highest BCUT2D eigenvalue weighted by Gasteiger charge is 2.33. The van der Waals surface area contributed by atoms with Crippen LogP contribution in [0.3, 0.4) is 0 Å². The minimum atomic E-state index is 0.175. The molecule has 0 aliphatic heterocycles. The monoisotopic (exact) mass is 198 g/mol. The van der Waals surface area contributed by atoms with E-state index in [4.69, 9.17) is 0 Å². The molecule has 1 rings (SSSR count). The van der Waals surface area contributed by atoms with Gasteiger partial charge in [0.05, 0.1) is 0 Å². The molecule has 1 aliphatic carbocycles. The first-order valence-electron chi connectivity index (χ1n) is 5.63. The van der Waals surface area contributed by atoms with Gasteiger partial charge in [0.2, 0.25) is 0 Å². The minimum Gasteiger partial charge on any atom is -0.325 e. The van der Waals surface area contributed by atoms with E-state index in [1.165, 1.54) is 12.8 Å². The van der Waals surface area contributed by atoms with Crippen LogP contribution in [0, 0.1) is 5.92 Å². The molecular weight excluding hydrogens is 176 g/mol. The molecule has 0 bridgehead atoms. The maximum absolute atomic E-state index is 11.9. The highest BCUT2D eigenvalue weighted by atomic mass is 16.2. The fraction of sp³-hybridized carbons (Fsp3) is 0.909. The lowest BCUT2D eigenvalue weighted by molar-refractivity contribution is 0.149. The van der Waals surface area contributed by atoms with Crippen LogP contribution in [-0.4, -0.2) is 42.0 Å². The molecule has 14 heavy (non-hydrogen) atoms. The van der Waals surface area contributed by atoms with Crippen LogP contribution in [0.25, 0.3) is 0 Å². The summed E-state index contributed by atoms with van der Waals surface area (Å²) in [6, 6.07) is 0.581. The Hall–Kier alpha value is -0.730. The van der Waals surface area contributed by atoms with E-state index in [2.05, 4.69) is 6.92 Å². The van der Waals surface area contributed by atoms with Crippen LogP contribution in [0.15, 0.2) is 0 Å². The van der Waals surface area contributed by atoms with E-state index in [0.717, 1.165) is 19.0 Å². The van der Waals surface area contributed by atoms with Crippen LogP contribution < -0.4 is 0 Å². The first-order valence-corrected chi connectivity index (χ1v) is 5.63. The molecule has 82 valence electrons. The molecule has 1 saturated carbocycles. The van der Waals surface area contributed by atoms with Crippen LogP contribution in [0.5, 0.6) is 0 Å². The van der Waals surface area contributed by atoms with E-state index >= 15 is 0 Å². The Balaban J connectivity index is 2.48. The third kappa shape index (κ3) is 2.40. The van der Waals surface area contributed by atoms with E-state index in [9.17, 15) is 4.79 Å². The summed E-state index contributed by atoms with van der Waals surface area (Å²) in [6.07, 6.45) is 2.58. The molecule has 1 aliphatic rings. The van der Waals surface area contributed by atoms with Crippen LogP contribution in [0.2, 0.25) is 0 Å². The van der Waals surface area contributed by atoms with Gasteiger partial charge in [0, 0.05) is 26.2 Å². The van der Waals surface area contributed by atoms with Crippen LogP contribution in [0.1, 0.15) is 33.6 Å². The zero-order valence-electron chi connectivity index (χ0n) is 9.79. The lowest BCUT2D eigenvalue weighted by Crippen LogP contribution is -2.45. The van der Waals surface area contributed by atoms with Crippen molar-refractivity contribution < 1.29 is 4.79 Å². The summed E-state index contributed by atoms with van der Waals surface area (Å²) in [5.74, 6) is 0.750. The van der Waals surface area contributed by atoms with Crippen molar-refractivity contribution in [3.63, 3.8) is 0 Å². The number of urea groups is 1. The average Bonchev–Trinajstić information content (AvgIpc) is 3.00. The summed E-state index contributed by atoms with van der Waals surface area (Å²) in [7, 11) is 1.92. The van der Waals surface area contributed by atoms with Gasteiger partial charge in [-0.3, -0.25) is 0 Å². The first-order chi connectivity index (χ1) is 6.61. The summed E-state index contributed by atoms with van der Waals surface area (Å²) >= 11 is 0. The molecule has 1 atom stereocenters. The molecule has 0 aromatic rings. The Labute approximate surface area is 87.1 Å². The Morgan fingerprint density at radius 1 is 1.36 bits per heavy atom. The number of carbonyl (C=O) groups excluding carboxylic acids is 1. The molecule has 0 radical (unpaired) electrons. The molecule has 0 aromatic carbocycles. The van der Waals surface area contributed by atoms with E-state index in [1.807, 2.05) is 30.7 Å². The molecule has 0 heterocycles. The fourth-order valence-corrected chi connectivity index (χ4v) is 1.79. The highest BCUT2D eigenvalue weighted by molar-refractivity contribution is 5.74. The second-order valence-corrected chi connectivity index (χ2v) is 4.14. The van der Waals surface area contributed by atoms with E-state index in [1.54, 1.807) is 0 Å². The van der Waals surface area contributed by atoms with Crippen molar-refractivity contribution in [2.24, 2.45) is 5.92 Å². The third-order valence-electron chi connectivity index (χ3n) is 3.25. The van der Waals surface area contributed by atoms with Gasteiger partial charge in [0.15, 0.2) is 0 Å². The van der Waals surface area contributed by atoms with E-state index in [0.29, 0.717) is 6.04 Å². The van der Waals surface area contributed by atoms with Crippen molar-refractivity contribution in [2.75, 3.05) is 20.1 Å². The van der Waals surface area contributed by atoms with Gasteiger partial charge in [-0.2, -0.15) is 0 Å². The minimum absolute atomic E-state index is 0.175. The van der Waals surface area contributed by atoms with Crippen molar-refractivity contribution in [3.05, 3.63) is 0 Å². The first kappa shape index (κ1) is 11.3. The van der Waals surface area contributed by atoms with Gasteiger partial charge in [-0.05, 0) is 39.5 Å². The van der Waals surface area contributed by atoms with Gasteiger partial charge < -0.3 is 9.80 Å². The zero-order chi connectivity index (χ0) is 10.7. The molecule has 0 N–H and O–H groups in total. The normalized spacial score (nSPS) is 17.7. The SMILES string of the molecule is CCN(CC)C(=O)N(C)C(C)C1CC1. The van der Waals surface area contributed by atoms with Gasteiger partial charge in [0.1, 0.15) is 0 Å². The predicted octanol–water partition coefficient (Wildman–Crippen LogP) is 2.18. The van der Waals surface area contributed by atoms with Gasteiger partial charge in [-0.15, -0.1) is 0 Å². The maximum atomic E-state index is 11.9. The van der Waals surface area contributed by atoms with Crippen molar-refractivity contribution in [2.45, 2.75) is 39.7 Å². The second-order valence-electron chi connectivity index (χ2n) is 4.14. The summed E-state index contributed by atoms with van der Waals surface area (Å²) in [4.78, 5) is 15.7. The van der Waals surface area contributed by atoms with Gasteiger partial charge >= 0.3 is 6.03 Å². The molecule has 3 heteroatoms. The van der Waals surface area contributed by atoms with Crippen LogP contribution in [0.4, 0.5) is 4.79 Å². The Morgan fingerprint density at radius 2 is 1.86 bits per heavy atom. The largest absolute Gasteiger partial charge is 0.325 e.